The first-order valence-corrected chi connectivity index (χ1v) is 7.89. The minimum absolute atomic E-state index is 0.0303. The van der Waals surface area contributed by atoms with Crippen LogP contribution in [0.2, 0.25) is 0 Å². The van der Waals surface area contributed by atoms with Crippen molar-refractivity contribution in [3.05, 3.63) is 30.1 Å². The van der Waals surface area contributed by atoms with Gasteiger partial charge in [-0.15, -0.1) is 0 Å². The second-order valence-electron chi connectivity index (χ2n) is 5.84. The van der Waals surface area contributed by atoms with Crippen molar-refractivity contribution >= 4 is 17.5 Å². The second-order valence-corrected chi connectivity index (χ2v) is 5.84. The van der Waals surface area contributed by atoms with E-state index in [9.17, 15) is 14.0 Å². The Kier molecular flexibility index (Phi) is 5.92. The zero-order valence-electron chi connectivity index (χ0n) is 13.0. The number of carbonyl (C=O) groups is 2. The van der Waals surface area contributed by atoms with Crippen molar-refractivity contribution in [2.24, 2.45) is 0 Å². The Morgan fingerprint density at radius 2 is 1.73 bits per heavy atom. The molecule has 0 spiro atoms. The first-order valence-electron chi connectivity index (χ1n) is 7.89. The summed E-state index contributed by atoms with van der Waals surface area (Å²) < 4.78 is 13.0. The topological polar surface area (TPSA) is 49.4 Å². The summed E-state index contributed by atoms with van der Waals surface area (Å²) in [6, 6.07) is 5.80. The maximum Gasteiger partial charge on any atom is 0.240 e. The Labute approximate surface area is 130 Å². The summed E-state index contributed by atoms with van der Waals surface area (Å²) >= 11 is 0. The Hall–Kier alpha value is -1.91. The molecule has 0 saturated heterocycles. The molecule has 1 saturated carbocycles. The van der Waals surface area contributed by atoms with E-state index in [-0.39, 0.29) is 30.2 Å². The van der Waals surface area contributed by atoms with Gasteiger partial charge in [0, 0.05) is 18.7 Å². The van der Waals surface area contributed by atoms with Crippen LogP contribution in [-0.4, -0.2) is 24.4 Å². The number of anilines is 1. The summed E-state index contributed by atoms with van der Waals surface area (Å²) in [7, 11) is 0. The lowest BCUT2D eigenvalue weighted by molar-refractivity contribution is -0.123. The van der Waals surface area contributed by atoms with E-state index in [1.54, 1.807) is 0 Å². The van der Waals surface area contributed by atoms with Gasteiger partial charge in [0.05, 0.1) is 0 Å². The molecule has 0 heterocycles. The van der Waals surface area contributed by atoms with Crippen molar-refractivity contribution in [3.8, 4) is 0 Å². The maximum absolute atomic E-state index is 13.0. The molecule has 5 heteroatoms. The highest BCUT2D eigenvalue weighted by molar-refractivity contribution is 5.97. The molecule has 0 radical (unpaired) electrons. The van der Waals surface area contributed by atoms with Crippen LogP contribution in [-0.2, 0) is 9.59 Å². The van der Waals surface area contributed by atoms with E-state index in [1.165, 1.54) is 48.9 Å². The van der Waals surface area contributed by atoms with Gasteiger partial charge < -0.3 is 10.2 Å². The zero-order valence-corrected chi connectivity index (χ0v) is 13.0. The smallest absolute Gasteiger partial charge is 0.240 e. The number of nitrogens with zero attached hydrogens (tertiary/aromatic N) is 1. The van der Waals surface area contributed by atoms with E-state index in [2.05, 4.69) is 5.32 Å². The molecular weight excluding hydrogens is 283 g/mol. The summed E-state index contributed by atoms with van der Waals surface area (Å²) in [6.45, 7) is 1.37. The molecule has 2 rings (SSSR count). The molecule has 22 heavy (non-hydrogen) atoms. The lowest BCUT2D eigenvalue weighted by Crippen LogP contribution is -2.43. The molecule has 1 aliphatic carbocycles. The van der Waals surface area contributed by atoms with Crippen LogP contribution in [0.1, 0.15) is 45.4 Å². The van der Waals surface area contributed by atoms with Crippen LogP contribution in [0.3, 0.4) is 0 Å². The fraction of sp³-hybridized carbons (Fsp3) is 0.529. The van der Waals surface area contributed by atoms with Gasteiger partial charge in [-0.1, -0.05) is 25.7 Å². The molecule has 120 valence electrons. The average molecular weight is 306 g/mol. The van der Waals surface area contributed by atoms with Crippen molar-refractivity contribution < 1.29 is 14.0 Å². The Morgan fingerprint density at radius 1 is 1.14 bits per heavy atom. The minimum atomic E-state index is -0.366. The van der Waals surface area contributed by atoms with Gasteiger partial charge in [-0.05, 0) is 37.1 Å². The van der Waals surface area contributed by atoms with Crippen LogP contribution in [0.15, 0.2) is 24.3 Å². The third kappa shape index (κ3) is 4.83. The lowest BCUT2D eigenvalue weighted by atomic mass is 10.1. The van der Waals surface area contributed by atoms with Crippen molar-refractivity contribution in [2.45, 2.75) is 51.5 Å². The molecule has 1 aromatic carbocycles. The third-order valence-corrected chi connectivity index (χ3v) is 4.04. The van der Waals surface area contributed by atoms with Crippen LogP contribution in [0.25, 0.3) is 0 Å². The summed E-state index contributed by atoms with van der Waals surface area (Å²) in [6.07, 6.45) is 6.73. The van der Waals surface area contributed by atoms with Crippen LogP contribution >= 0.6 is 0 Å². The van der Waals surface area contributed by atoms with E-state index < -0.39 is 0 Å². The SMILES string of the molecule is CC(=O)N(CC(=O)NC1CCCCCC1)c1ccc(F)cc1. The van der Waals surface area contributed by atoms with Gasteiger partial charge in [0.1, 0.15) is 12.4 Å². The number of nitrogens with one attached hydrogen (secondary N) is 1. The Morgan fingerprint density at radius 3 is 2.27 bits per heavy atom. The standard InChI is InChI=1S/C17H23FN2O2/c1-13(21)20(16-10-8-14(18)9-11-16)12-17(22)19-15-6-4-2-3-5-7-15/h8-11,15H,2-7,12H2,1H3,(H,19,22). The van der Waals surface area contributed by atoms with Crippen LogP contribution in [0.4, 0.5) is 10.1 Å². The van der Waals surface area contributed by atoms with Crippen molar-refractivity contribution in [1.29, 1.82) is 0 Å². The first-order chi connectivity index (χ1) is 10.6. The predicted molar refractivity (Wildman–Crippen MR) is 84.1 cm³/mol. The van der Waals surface area contributed by atoms with Gasteiger partial charge >= 0.3 is 0 Å². The van der Waals surface area contributed by atoms with E-state index in [0.717, 1.165) is 25.7 Å². The molecule has 0 bridgehead atoms. The summed E-state index contributed by atoms with van der Waals surface area (Å²) in [5, 5.41) is 3.02. The average Bonchev–Trinajstić information content (AvgIpc) is 2.74. The van der Waals surface area contributed by atoms with E-state index in [1.807, 2.05) is 0 Å². The number of hydrogen-bond donors (Lipinski definition) is 1. The molecule has 4 nitrogen and oxygen atoms in total. The summed E-state index contributed by atoms with van der Waals surface area (Å²) in [5.74, 6) is -0.760. The first kappa shape index (κ1) is 16.5. The van der Waals surface area contributed by atoms with Gasteiger partial charge in [0.15, 0.2) is 0 Å². The molecular formula is C17H23FN2O2. The number of carbonyl (C=O) groups excluding carboxylic acids is 2. The highest BCUT2D eigenvalue weighted by atomic mass is 19.1. The number of benzene rings is 1. The van der Waals surface area contributed by atoms with Crippen molar-refractivity contribution in [2.75, 3.05) is 11.4 Å². The minimum Gasteiger partial charge on any atom is -0.352 e. The van der Waals surface area contributed by atoms with Gasteiger partial charge in [-0.3, -0.25) is 9.59 Å². The third-order valence-electron chi connectivity index (χ3n) is 4.04. The van der Waals surface area contributed by atoms with Crippen molar-refractivity contribution in [1.82, 2.24) is 5.32 Å². The monoisotopic (exact) mass is 306 g/mol. The van der Waals surface area contributed by atoms with Gasteiger partial charge in [0.25, 0.3) is 0 Å². The summed E-state index contributed by atoms with van der Waals surface area (Å²) in [5.41, 5.74) is 0.532. The highest BCUT2D eigenvalue weighted by Crippen LogP contribution is 2.18. The molecule has 0 atom stereocenters. The van der Waals surface area contributed by atoms with Gasteiger partial charge in [-0.25, -0.2) is 4.39 Å². The number of rotatable bonds is 4. The molecule has 2 amide bonds. The van der Waals surface area contributed by atoms with E-state index in [4.69, 9.17) is 0 Å². The molecule has 1 fully saturated rings. The van der Waals surface area contributed by atoms with Crippen LogP contribution in [0, 0.1) is 5.82 Å². The van der Waals surface area contributed by atoms with E-state index >= 15 is 0 Å². The maximum atomic E-state index is 13.0. The molecule has 0 aromatic heterocycles. The lowest BCUT2D eigenvalue weighted by Gasteiger charge is -2.23. The number of amides is 2. The Balaban J connectivity index is 1.96. The van der Waals surface area contributed by atoms with Crippen LogP contribution in [0.5, 0.6) is 0 Å². The number of halogens is 1. The largest absolute Gasteiger partial charge is 0.352 e. The van der Waals surface area contributed by atoms with Gasteiger partial charge in [0.2, 0.25) is 11.8 Å². The normalized spacial score (nSPS) is 15.9. The quantitative estimate of drug-likeness (QED) is 0.869. The molecule has 1 aliphatic rings. The summed E-state index contributed by atoms with van der Waals surface area (Å²) in [4.78, 5) is 25.3. The zero-order chi connectivity index (χ0) is 15.9. The second kappa shape index (κ2) is 7.92. The van der Waals surface area contributed by atoms with Crippen molar-refractivity contribution in [3.63, 3.8) is 0 Å². The van der Waals surface area contributed by atoms with Crippen LogP contribution < -0.4 is 10.2 Å². The fourth-order valence-electron chi connectivity index (χ4n) is 2.85. The van der Waals surface area contributed by atoms with Gasteiger partial charge in [-0.2, -0.15) is 0 Å². The Bertz CT molecular complexity index is 508. The highest BCUT2D eigenvalue weighted by Gasteiger charge is 2.19. The fourth-order valence-corrected chi connectivity index (χ4v) is 2.85. The predicted octanol–water partition coefficient (Wildman–Crippen LogP) is 3.02. The molecule has 0 aliphatic heterocycles. The number of hydrogen-bond acceptors (Lipinski definition) is 2. The van der Waals surface area contributed by atoms with E-state index in [0.29, 0.717) is 5.69 Å². The molecule has 0 unspecified atom stereocenters. The molecule has 1 N–H and O–H groups in total. The molecule has 1 aromatic rings.